The Morgan fingerprint density at radius 1 is 1.27 bits per heavy atom. The van der Waals surface area contributed by atoms with Crippen molar-refractivity contribution in [3.8, 4) is 5.75 Å². The van der Waals surface area contributed by atoms with Gasteiger partial charge in [-0.05, 0) is 36.8 Å². The summed E-state index contributed by atoms with van der Waals surface area (Å²) >= 11 is 0. The van der Waals surface area contributed by atoms with Crippen LogP contribution in [-0.2, 0) is 4.79 Å². The molecule has 0 bridgehead atoms. The zero-order valence-corrected chi connectivity index (χ0v) is 14.6. The zero-order valence-electron chi connectivity index (χ0n) is 14.6. The van der Waals surface area contributed by atoms with Gasteiger partial charge in [0.25, 0.3) is 0 Å². The Morgan fingerprint density at radius 3 is 2.81 bits per heavy atom. The second kappa shape index (κ2) is 7.43. The van der Waals surface area contributed by atoms with Crippen LogP contribution in [0.3, 0.4) is 0 Å². The summed E-state index contributed by atoms with van der Waals surface area (Å²) in [4.78, 5) is 26.0. The van der Waals surface area contributed by atoms with Gasteiger partial charge in [0.05, 0.1) is 13.2 Å². The number of halogens is 1. The van der Waals surface area contributed by atoms with Gasteiger partial charge >= 0.3 is 6.03 Å². The van der Waals surface area contributed by atoms with Crippen molar-refractivity contribution < 1.29 is 18.7 Å². The van der Waals surface area contributed by atoms with Gasteiger partial charge in [0.2, 0.25) is 5.91 Å². The molecular formula is C19H20FN3O3. The lowest BCUT2D eigenvalue weighted by Gasteiger charge is -2.18. The Balaban J connectivity index is 1.61. The predicted molar refractivity (Wildman–Crippen MR) is 97.0 cm³/mol. The van der Waals surface area contributed by atoms with Crippen LogP contribution >= 0.6 is 0 Å². The average Bonchev–Trinajstić information content (AvgIpc) is 2.98. The highest BCUT2D eigenvalue weighted by atomic mass is 19.1. The summed E-state index contributed by atoms with van der Waals surface area (Å²) in [5, 5.41) is 5.34. The van der Waals surface area contributed by atoms with Crippen molar-refractivity contribution in [3.63, 3.8) is 0 Å². The lowest BCUT2D eigenvalue weighted by molar-refractivity contribution is -0.117. The van der Waals surface area contributed by atoms with Crippen LogP contribution in [0.15, 0.2) is 42.5 Å². The number of nitrogens with one attached hydrogen (secondary N) is 2. The number of amides is 3. The first kappa shape index (κ1) is 17.7. The van der Waals surface area contributed by atoms with E-state index in [0.29, 0.717) is 23.5 Å². The minimum Gasteiger partial charge on any atom is -0.497 e. The molecule has 1 atom stereocenters. The number of hydrogen-bond acceptors (Lipinski definition) is 3. The number of benzene rings is 2. The van der Waals surface area contributed by atoms with Crippen molar-refractivity contribution in [2.45, 2.75) is 19.4 Å². The van der Waals surface area contributed by atoms with Gasteiger partial charge in [-0.25, -0.2) is 9.18 Å². The molecule has 0 saturated carbocycles. The van der Waals surface area contributed by atoms with E-state index in [1.165, 1.54) is 6.07 Å². The van der Waals surface area contributed by atoms with E-state index in [0.717, 1.165) is 5.69 Å². The van der Waals surface area contributed by atoms with E-state index in [-0.39, 0.29) is 24.2 Å². The minimum absolute atomic E-state index is 0.0788. The summed E-state index contributed by atoms with van der Waals surface area (Å²) in [5.74, 6) is 0.193. The highest BCUT2D eigenvalue weighted by Gasteiger charge is 2.31. The Morgan fingerprint density at radius 2 is 2.08 bits per heavy atom. The minimum atomic E-state index is -0.474. The molecule has 1 aliphatic heterocycles. The molecule has 1 fully saturated rings. The molecule has 6 nitrogen and oxygen atoms in total. The number of carbonyl (C=O) groups is 2. The van der Waals surface area contributed by atoms with E-state index in [9.17, 15) is 14.0 Å². The molecule has 0 radical (unpaired) electrons. The van der Waals surface area contributed by atoms with Crippen molar-refractivity contribution in [3.05, 3.63) is 53.8 Å². The fourth-order valence-electron chi connectivity index (χ4n) is 2.86. The maximum atomic E-state index is 13.6. The number of rotatable bonds is 4. The molecule has 1 saturated heterocycles. The van der Waals surface area contributed by atoms with Gasteiger partial charge in [0.1, 0.15) is 11.6 Å². The summed E-state index contributed by atoms with van der Waals surface area (Å²) in [5.41, 5.74) is 1.59. The topological polar surface area (TPSA) is 70.7 Å². The number of aryl methyl sites for hydroxylation is 1. The van der Waals surface area contributed by atoms with Crippen LogP contribution in [0.4, 0.5) is 20.6 Å². The second-order valence-corrected chi connectivity index (χ2v) is 6.17. The van der Waals surface area contributed by atoms with Crippen LogP contribution in [0, 0.1) is 12.7 Å². The highest BCUT2D eigenvalue weighted by Crippen LogP contribution is 2.25. The van der Waals surface area contributed by atoms with Crippen LogP contribution in [0.2, 0.25) is 0 Å². The van der Waals surface area contributed by atoms with Crippen molar-refractivity contribution in [2.75, 3.05) is 23.9 Å². The van der Waals surface area contributed by atoms with Gasteiger partial charge in [0.15, 0.2) is 0 Å². The average molecular weight is 357 g/mol. The summed E-state index contributed by atoms with van der Waals surface area (Å²) in [6.45, 7) is 2.01. The van der Waals surface area contributed by atoms with E-state index in [1.807, 2.05) is 6.07 Å². The van der Waals surface area contributed by atoms with Gasteiger partial charge in [0, 0.05) is 30.4 Å². The molecule has 2 aromatic rings. The predicted octanol–water partition coefficient (Wildman–Crippen LogP) is 3.07. The van der Waals surface area contributed by atoms with E-state index in [2.05, 4.69) is 10.6 Å². The van der Waals surface area contributed by atoms with Gasteiger partial charge in [-0.15, -0.1) is 0 Å². The first-order valence-corrected chi connectivity index (χ1v) is 8.24. The maximum absolute atomic E-state index is 13.6. The van der Waals surface area contributed by atoms with Crippen LogP contribution in [0.5, 0.6) is 5.75 Å². The maximum Gasteiger partial charge on any atom is 0.319 e. The normalized spacial score (nSPS) is 16.5. The molecule has 0 aliphatic carbocycles. The van der Waals surface area contributed by atoms with E-state index < -0.39 is 6.03 Å². The molecule has 3 amide bonds. The summed E-state index contributed by atoms with van der Waals surface area (Å²) in [6.07, 6.45) is 0.201. The number of hydrogen-bond donors (Lipinski definition) is 2. The first-order valence-electron chi connectivity index (χ1n) is 8.24. The lowest BCUT2D eigenvalue weighted by Crippen LogP contribution is -2.39. The van der Waals surface area contributed by atoms with E-state index in [1.54, 1.807) is 49.3 Å². The molecule has 26 heavy (non-hydrogen) atoms. The molecule has 7 heteroatoms. The quantitative estimate of drug-likeness (QED) is 0.883. The summed E-state index contributed by atoms with van der Waals surface area (Å²) in [6, 6.07) is 10.9. The Hall–Kier alpha value is -3.09. The fraction of sp³-hybridized carbons (Fsp3) is 0.263. The van der Waals surface area contributed by atoms with Crippen molar-refractivity contribution in [1.82, 2.24) is 5.32 Å². The largest absolute Gasteiger partial charge is 0.497 e. The van der Waals surface area contributed by atoms with Gasteiger partial charge in [-0.2, -0.15) is 0 Å². The molecule has 0 spiro atoms. The van der Waals surface area contributed by atoms with Crippen LogP contribution in [-0.4, -0.2) is 31.6 Å². The molecule has 0 aromatic heterocycles. The number of carbonyl (C=O) groups excluding carboxylic acids is 2. The monoisotopic (exact) mass is 357 g/mol. The first-order chi connectivity index (χ1) is 12.5. The number of urea groups is 1. The molecule has 0 unspecified atom stereocenters. The second-order valence-electron chi connectivity index (χ2n) is 6.17. The molecule has 136 valence electrons. The van der Waals surface area contributed by atoms with Gasteiger partial charge in [-0.1, -0.05) is 12.1 Å². The third kappa shape index (κ3) is 3.93. The third-order valence-electron chi connectivity index (χ3n) is 4.25. The van der Waals surface area contributed by atoms with Gasteiger partial charge in [-0.3, -0.25) is 4.79 Å². The third-order valence-corrected chi connectivity index (χ3v) is 4.25. The number of methoxy groups -OCH3 is 1. The Bertz CT molecular complexity index is 841. The number of ether oxygens (including phenoxy) is 1. The summed E-state index contributed by atoms with van der Waals surface area (Å²) in [7, 11) is 1.56. The van der Waals surface area contributed by atoms with E-state index in [4.69, 9.17) is 4.74 Å². The Kier molecular flexibility index (Phi) is 5.06. The standard InChI is InChI=1S/C19H20FN3O3/c1-12-6-7-13(8-17(12)20)21-19(25)22-14-9-18(24)23(11-14)15-4-3-5-16(10-15)26-2/h3-8,10,14H,9,11H2,1-2H3,(H2,21,22,25)/t14-/m1/s1. The molecule has 1 aliphatic rings. The molecule has 2 N–H and O–H groups in total. The van der Waals surface area contributed by atoms with Gasteiger partial charge < -0.3 is 20.3 Å². The molecule has 2 aromatic carbocycles. The van der Waals surface area contributed by atoms with Crippen LogP contribution < -0.4 is 20.3 Å². The molecular weight excluding hydrogens is 337 g/mol. The van der Waals surface area contributed by atoms with Crippen LogP contribution in [0.25, 0.3) is 0 Å². The summed E-state index contributed by atoms with van der Waals surface area (Å²) < 4.78 is 18.7. The van der Waals surface area contributed by atoms with E-state index >= 15 is 0 Å². The smallest absolute Gasteiger partial charge is 0.319 e. The highest BCUT2D eigenvalue weighted by molar-refractivity contribution is 5.97. The zero-order chi connectivity index (χ0) is 18.7. The number of nitrogens with zero attached hydrogens (tertiary/aromatic N) is 1. The van der Waals surface area contributed by atoms with Crippen molar-refractivity contribution in [1.29, 1.82) is 0 Å². The fourth-order valence-corrected chi connectivity index (χ4v) is 2.86. The van der Waals surface area contributed by atoms with Crippen molar-refractivity contribution >= 4 is 23.3 Å². The van der Waals surface area contributed by atoms with Crippen LogP contribution in [0.1, 0.15) is 12.0 Å². The Labute approximate surface area is 150 Å². The van der Waals surface area contributed by atoms with Crippen molar-refractivity contribution in [2.24, 2.45) is 0 Å². The SMILES string of the molecule is COc1cccc(N2C[C@H](NC(=O)Nc3ccc(C)c(F)c3)CC2=O)c1. The number of anilines is 2. The lowest BCUT2D eigenvalue weighted by atomic mass is 10.2. The molecule has 1 heterocycles. The molecule has 3 rings (SSSR count).